The van der Waals surface area contributed by atoms with Crippen LogP contribution in [0.2, 0.25) is 0 Å². The van der Waals surface area contributed by atoms with Crippen LogP contribution in [0, 0.1) is 18.6 Å². The van der Waals surface area contributed by atoms with E-state index in [-0.39, 0.29) is 5.82 Å². The highest BCUT2D eigenvalue weighted by molar-refractivity contribution is 7.12. The number of anilines is 1. The molecule has 4 rings (SSSR count). The first-order valence-electron chi connectivity index (χ1n) is 7.85. The molecule has 0 aliphatic carbocycles. The molecule has 9 heteroatoms. The van der Waals surface area contributed by atoms with Gasteiger partial charge in [-0.1, -0.05) is 6.07 Å². The van der Waals surface area contributed by atoms with E-state index in [2.05, 4.69) is 15.4 Å². The van der Waals surface area contributed by atoms with Gasteiger partial charge in [-0.3, -0.25) is 4.79 Å². The van der Waals surface area contributed by atoms with Crippen LogP contribution in [0.4, 0.5) is 14.6 Å². The minimum absolute atomic E-state index is 0.250. The van der Waals surface area contributed by atoms with Gasteiger partial charge < -0.3 is 9.73 Å². The van der Waals surface area contributed by atoms with Gasteiger partial charge in [0.05, 0.1) is 12.0 Å². The van der Waals surface area contributed by atoms with Gasteiger partial charge in [0.15, 0.2) is 5.76 Å². The molecule has 0 spiro atoms. The van der Waals surface area contributed by atoms with E-state index < -0.39 is 23.1 Å². The smallest absolute Gasteiger partial charge is 0.262 e. The SMILES string of the molecule is Cc1cc(NC(=O)c2c(F)cccc2F)n(-c2nc(-c3ccco3)cs2)n1. The number of furan rings is 1. The van der Waals surface area contributed by atoms with Crippen LogP contribution < -0.4 is 5.32 Å². The van der Waals surface area contributed by atoms with E-state index in [1.54, 1.807) is 36.8 Å². The Hall–Kier alpha value is -3.33. The fraction of sp³-hybridized carbons (Fsp3) is 0.0556. The highest BCUT2D eigenvalue weighted by Crippen LogP contribution is 2.27. The third-order valence-corrected chi connectivity index (χ3v) is 4.53. The number of amides is 1. The quantitative estimate of drug-likeness (QED) is 0.563. The van der Waals surface area contributed by atoms with Crippen LogP contribution in [-0.2, 0) is 0 Å². The summed E-state index contributed by atoms with van der Waals surface area (Å²) in [6.45, 7) is 1.73. The molecule has 1 N–H and O–H groups in total. The average molecular weight is 386 g/mol. The lowest BCUT2D eigenvalue weighted by atomic mass is 10.2. The number of benzene rings is 1. The molecule has 0 unspecified atom stereocenters. The van der Waals surface area contributed by atoms with Crippen molar-refractivity contribution >= 4 is 23.1 Å². The minimum atomic E-state index is -0.940. The molecular weight excluding hydrogens is 374 g/mol. The maximum Gasteiger partial charge on any atom is 0.262 e. The number of aryl methyl sites for hydroxylation is 1. The second kappa shape index (κ2) is 6.76. The summed E-state index contributed by atoms with van der Waals surface area (Å²) in [6, 6.07) is 8.36. The number of rotatable bonds is 4. The molecule has 1 amide bonds. The number of carbonyl (C=O) groups is 1. The van der Waals surface area contributed by atoms with Crippen LogP contribution in [0.3, 0.4) is 0 Å². The van der Waals surface area contributed by atoms with Gasteiger partial charge in [0.25, 0.3) is 5.91 Å². The van der Waals surface area contributed by atoms with Crippen molar-refractivity contribution in [2.75, 3.05) is 5.32 Å². The van der Waals surface area contributed by atoms with Gasteiger partial charge >= 0.3 is 0 Å². The van der Waals surface area contributed by atoms with Crippen LogP contribution >= 0.6 is 11.3 Å². The Morgan fingerprint density at radius 3 is 2.70 bits per heavy atom. The fourth-order valence-corrected chi connectivity index (χ4v) is 3.30. The molecule has 0 radical (unpaired) electrons. The molecule has 4 aromatic rings. The molecule has 0 atom stereocenters. The summed E-state index contributed by atoms with van der Waals surface area (Å²) in [4.78, 5) is 16.8. The van der Waals surface area contributed by atoms with Crippen molar-refractivity contribution in [3.63, 3.8) is 0 Å². The van der Waals surface area contributed by atoms with E-state index in [0.717, 1.165) is 12.1 Å². The van der Waals surface area contributed by atoms with Gasteiger partial charge in [-0.15, -0.1) is 11.3 Å². The largest absolute Gasteiger partial charge is 0.463 e. The monoisotopic (exact) mass is 386 g/mol. The fourth-order valence-electron chi connectivity index (χ4n) is 2.53. The van der Waals surface area contributed by atoms with Gasteiger partial charge in [0, 0.05) is 11.4 Å². The molecule has 0 fully saturated rings. The van der Waals surface area contributed by atoms with E-state index in [0.29, 0.717) is 22.3 Å². The van der Waals surface area contributed by atoms with Crippen molar-refractivity contribution < 1.29 is 18.0 Å². The summed E-state index contributed by atoms with van der Waals surface area (Å²) < 4.78 is 34.4. The zero-order chi connectivity index (χ0) is 19.0. The molecule has 0 saturated carbocycles. The normalized spacial score (nSPS) is 10.9. The number of thiazole rings is 1. The summed E-state index contributed by atoms with van der Waals surface area (Å²) in [5.41, 5.74) is 0.568. The first-order valence-corrected chi connectivity index (χ1v) is 8.72. The molecule has 136 valence electrons. The van der Waals surface area contributed by atoms with Crippen molar-refractivity contribution in [3.8, 4) is 16.6 Å². The number of hydrogen-bond acceptors (Lipinski definition) is 5. The number of hydrogen-bond donors (Lipinski definition) is 1. The van der Waals surface area contributed by atoms with Crippen LogP contribution in [-0.4, -0.2) is 20.7 Å². The molecule has 0 saturated heterocycles. The van der Waals surface area contributed by atoms with Crippen LogP contribution in [0.15, 0.2) is 52.5 Å². The Morgan fingerprint density at radius 1 is 1.22 bits per heavy atom. The van der Waals surface area contributed by atoms with Crippen molar-refractivity contribution in [2.24, 2.45) is 0 Å². The summed E-state index contributed by atoms with van der Waals surface area (Å²) in [5.74, 6) is -1.94. The molecule has 27 heavy (non-hydrogen) atoms. The summed E-state index contributed by atoms with van der Waals surface area (Å²) >= 11 is 1.29. The molecular formula is C18H12F2N4O2S. The molecule has 3 aromatic heterocycles. The van der Waals surface area contributed by atoms with Crippen LogP contribution in [0.25, 0.3) is 16.6 Å². The van der Waals surface area contributed by atoms with E-state index >= 15 is 0 Å². The lowest BCUT2D eigenvalue weighted by Gasteiger charge is -2.08. The minimum Gasteiger partial charge on any atom is -0.463 e. The first-order chi connectivity index (χ1) is 13.0. The number of halogens is 2. The third kappa shape index (κ3) is 3.24. The van der Waals surface area contributed by atoms with E-state index in [1.807, 2.05) is 0 Å². The third-order valence-electron chi connectivity index (χ3n) is 3.71. The predicted molar refractivity (Wildman–Crippen MR) is 96.0 cm³/mol. The summed E-state index contributed by atoms with van der Waals surface area (Å²) in [6.07, 6.45) is 1.54. The lowest BCUT2D eigenvalue weighted by molar-refractivity contribution is 0.101. The average Bonchev–Trinajstić information content (AvgIpc) is 3.34. The van der Waals surface area contributed by atoms with E-state index in [9.17, 15) is 13.6 Å². The molecule has 1 aromatic carbocycles. The molecule has 0 aliphatic heterocycles. The van der Waals surface area contributed by atoms with Crippen molar-refractivity contribution in [2.45, 2.75) is 6.92 Å². The van der Waals surface area contributed by atoms with Gasteiger partial charge in [0.2, 0.25) is 5.13 Å². The van der Waals surface area contributed by atoms with Crippen LogP contribution in [0.1, 0.15) is 16.1 Å². The highest BCUT2D eigenvalue weighted by atomic mass is 32.1. The van der Waals surface area contributed by atoms with Crippen molar-refractivity contribution in [3.05, 3.63) is 70.9 Å². The standard InChI is InChI=1S/C18H12F2N4O2S/c1-10-8-15(22-17(25)16-11(19)4-2-5-12(16)20)24(23-10)18-21-13(9-27-18)14-6-3-7-26-14/h2-9H,1H3,(H,22,25). The molecule has 0 aliphatic rings. The topological polar surface area (TPSA) is 73.0 Å². The molecule has 0 bridgehead atoms. The Bertz CT molecular complexity index is 1100. The predicted octanol–water partition coefficient (Wildman–Crippen LogP) is 4.43. The summed E-state index contributed by atoms with van der Waals surface area (Å²) in [5, 5.41) is 9.05. The second-order valence-corrected chi connectivity index (χ2v) is 6.46. The number of nitrogens with one attached hydrogen (secondary N) is 1. The Balaban J connectivity index is 1.67. The van der Waals surface area contributed by atoms with Crippen molar-refractivity contribution in [1.29, 1.82) is 0 Å². The van der Waals surface area contributed by atoms with Gasteiger partial charge in [-0.25, -0.2) is 13.8 Å². The number of nitrogens with zero attached hydrogens (tertiary/aromatic N) is 3. The van der Waals surface area contributed by atoms with E-state index in [1.165, 1.54) is 22.1 Å². The van der Waals surface area contributed by atoms with E-state index in [4.69, 9.17) is 4.42 Å². The maximum atomic E-state index is 13.8. The Morgan fingerprint density at radius 2 is 2.00 bits per heavy atom. The maximum absolute atomic E-state index is 13.8. The zero-order valence-corrected chi connectivity index (χ0v) is 14.8. The number of carbonyl (C=O) groups excluding carboxylic acids is 1. The molecule has 6 nitrogen and oxygen atoms in total. The van der Waals surface area contributed by atoms with Crippen molar-refractivity contribution in [1.82, 2.24) is 14.8 Å². The number of aromatic nitrogens is 3. The lowest BCUT2D eigenvalue weighted by Crippen LogP contribution is -2.18. The zero-order valence-electron chi connectivity index (χ0n) is 13.9. The van der Waals surface area contributed by atoms with Gasteiger partial charge in [-0.2, -0.15) is 9.78 Å². The van der Waals surface area contributed by atoms with Gasteiger partial charge in [-0.05, 0) is 31.2 Å². The summed E-state index contributed by atoms with van der Waals surface area (Å²) in [7, 11) is 0. The van der Waals surface area contributed by atoms with Gasteiger partial charge in [0.1, 0.15) is 28.7 Å². The first kappa shape index (κ1) is 17.1. The Kier molecular flexibility index (Phi) is 4.28. The second-order valence-electron chi connectivity index (χ2n) is 5.63. The highest BCUT2D eigenvalue weighted by Gasteiger charge is 2.20. The Labute approximate surface area is 156 Å². The molecule has 3 heterocycles. The van der Waals surface area contributed by atoms with Crippen LogP contribution in [0.5, 0.6) is 0 Å².